The summed E-state index contributed by atoms with van der Waals surface area (Å²) in [6, 6.07) is 4.06. The zero-order valence-electron chi connectivity index (χ0n) is 9.66. The molecule has 1 heterocycles. The molecular formula is C12H21N3. The molecule has 3 heteroatoms. The molecule has 0 bridgehead atoms. The number of rotatable bonds is 6. The summed E-state index contributed by atoms with van der Waals surface area (Å²) in [4.78, 5) is 4.15. The number of hydrogen-bond acceptors (Lipinski definition) is 3. The maximum atomic E-state index is 5.56. The molecule has 15 heavy (non-hydrogen) atoms. The largest absolute Gasteiger partial charge is 0.385 e. The van der Waals surface area contributed by atoms with Crippen LogP contribution in [0.15, 0.2) is 18.3 Å². The highest BCUT2D eigenvalue weighted by atomic mass is 14.9. The van der Waals surface area contributed by atoms with Crippen molar-refractivity contribution < 1.29 is 0 Å². The van der Waals surface area contributed by atoms with Gasteiger partial charge in [0.05, 0.1) is 0 Å². The lowest BCUT2D eigenvalue weighted by Gasteiger charge is -2.09. The van der Waals surface area contributed by atoms with Crippen LogP contribution in [0.1, 0.15) is 25.5 Å². The summed E-state index contributed by atoms with van der Waals surface area (Å²) in [7, 11) is 0. The predicted octanol–water partition coefficient (Wildman–Crippen LogP) is 2.18. The molecular weight excluding hydrogens is 186 g/mol. The van der Waals surface area contributed by atoms with E-state index < -0.39 is 0 Å². The van der Waals surface area contributed by atoms with Gasteiger partial charge in [0.2, 0.25) is 0 Å². The number of nitrogens with one attached hydrogen (secondary N) is 1. The van der Waals surface area contributed by atoms with Crippen molar-refractivity contribution in [2.24, 2.45) is 11.7 Å². The van der Waals surface area contributed by atoms with E-state index in [2.05, 4.69) is 23.3 Å². The van der Waals surface area contributed by atoms with Gasteiger partial charge in [0.15, 0.2) is 0 Å². The van der Waals surface area contributed by atoms with E-state index in [-0.39, 0.29) is 0 Å². The van der Waals surface area contributed by atoms with Crippen LogP contribution in [0.2, 0.25) is 0 Å². The minimum Gasteiger partial charge on any atom is -0.385 e. The van der Waals surface area contributed by atoms with Crippen molar-refractivity contribution in [1.82, 2.24) is 4.98 Å². The lowest BCUT2D eigenvalue weighted by Crippen LogP contribution is -2.12. The number of aryl methyl sites for hydroxylation is 1. The Morgan fingerprint density at radius 3 is 3.00 bits per heavy atom. The quantitative estimate of drug-likeness (QED) is 0.703. The first-order valence-electron chi connectivity index (χ1n) is 5.59. The van der Waals surface area contributed by atoms with Crippen LogP contribution >= 0.6 is 0 Å². The van der Waals surface area contributed by atoms with Gasteiger partial charge in [0.25, 0.3) is 0 Å². The van der Waals surface area contributed by atoms with Crippen LogP contribution < -0.4 is 11.1 Å². The summed E-state index contributed by atoms with van der Waals surface area (Å²) >= 11 is 0. The molecule has 1 aromatic rings. The monoisotopic (exact) mass is 207 g/mol. The van der Waals surface area contributed by atoms with E-state index in [9.17, 15) is 0 Å². The smallest absolute Gasteiger partial charge is 0.0393 e. The summed E-state index contributed by atoms with van der Waals surface area (Å²) in [6.45, 7) is 5.99. The fourth-order valence-electron chi connectivity index (χ4n) is 1.46. The molecule has 1 atom stereocenters. The average molecular weight is 207 g/mol. The van der Waals surface area contributed by atoms with Gasteiger partial charge < -0.3 is 11.1 Å². The van der Waals surface area contributed by atoms with Crippen molar-refractivity contribution in [2.45, 2.75) is 26.7 Å². The number of aromatic nitrogens is 1. The normalized spacial score (nSPS) is 12.5. The van der Waals surface area contributed by atoms with E-state index in [4.69, 9.17) is 5.73 Å². The van der Waals surface area contributed by atoms with Crippen LogP contribution in [0.25, 0.3) is 0 Å². The molecule has 0 radical (unpaired) electrons. The molecule has 1 unspecified atom stereocenters. The Balaban J connectivity index is 2.20. The summed E-state index contributed by atoms with van der Waals surface area (Å²) in [5.41, 5.74) is 7.76. The lowest BCUT2D eigenvalue weighted by atomic mass is 10.1. The summed E-state index contributed by atoms with van der Waals surface area (Å²) in [5, 5.41) is 3.38. The second-order valence-electron chi connectivity index (χ2n) is 4.10. The third kappa shape index (κ3) is 4.79. The van der Waals surface area contributed by atoms with Crippen LogP contribution in [0.5, 0.6) is 0 Å². The van der Waals surface area contributed by atoms with E-state index >= 15 is 0 Å². The van der Waals surface area contributed by atoms with Crippen molar-refractivity contribution in [2.75, 3.05) is 18.4 Å². The summed E-state index contributed by atoms with van der Waals surface area (Å²) in [5.74, 6) is 0.631. The van der Waals surface area contributed by atoms with E-state index in [1.54, 1.807) is 0 Å². The molecule has 0 aliphatic rings. The van der Waals surface area contributed by atoms with E-state index in [0.29, 0.717) is 5.92 Å². The SMILES string of the molecule is Cc1cc(NCCCC(C)CN)ccn1. The molecule has 0 spiro atoms. The van der Waals surface area contributed by atoms with Gasteiger partial charge in [-0.3, -0.25) is 4.98 Å². The van der Waals surface area contributed by atoms with Crippen LogP contribution in [0.3, 0.4) is 0 Å². The van der Waals surface area contributed by atoms with Gasteiger partial charge in [-0.05, 0) is 44.4 Å². The van der Waals surface area contributed by atoms with Gasteiger partial charge in [0.1, 0.15) is 0 Å². The highest BCUT2D eigenvalue weighted by molar-refractivity contribution is 5.42. The minimum absolute atomic E-state index is 0.631. The van der Waals surface area contributed by atoms with Crippen molar-refractivity contribution in [3.63, 3.8) is 0 Å². The van der Waals surface area contributed by atoms with Crippen molar-refractivity contribution in [3.05, 3.63) is 24.0 Å². The number of nitrogens with zero attached hydrogens (tertiary/aromatic N) is 1. The number of pyridine rings is 1. The van der Waals surface area contributed by atoms with Gasteiger partial charge >= 0.3 is 0 Å². The molecule has 0 aromatic carbocycles. The Bertz CT molecular complexity index is 286. The highest BCUT2D eigenvalue weighted by Gasteiger charge is 1.98. The summed E-state index contributed by atoms with van der Waals surface area (Å²) < 4.78 is 0. The van der Waals surface area contributed by atoms with Crippen molar-refractivity contribution >= 4 is 5.69 Å². The van der Waals surface area contributed by atoms with Gasteiger partial charge in [-0.1, -0.05) is 6.92 Å². The Hall–Kier alpha value is -1.09. The number of nitrogens with two attached hydrogens (primary N) is 1. The molecule has 0 aliphatic carbocycles. The standard InChI is InChI=1S/C12H21N3/c1-10(9-13)4-3-6-15-12-5-7-14-11(2)8-12/h5,7-8,10H,3-4,6,9,13H2,1-2H3,(H,14,15). The van der Waals surface area contributed by atoms with Gasteiger partial charge in [-0.25, -0.2) is 0 Å². The molecule has 1 aromatic heterocycles. The number of hydrogen-bond donors (Lipinski definition) is 2. The molecule has 0 saturated carbocycles. The molecule has 1 rings (SSSR count). The molecule has 3 N–H and O–H groups in total. The molecule has 0 saturated heterocycles. The molecule has 0 fully saturated rings. The summed E-state index contributed by atoms with van der Waals surface area (Å²) in [6.07, 6.45) is 4.19. The first-order valence-corrected chi connectivity index (χ1v) is 5.59. The van der Waals surface area contributed by atoms with Gasteiger partial charge in [-0.2, -0.15) is 0 Å². The van der Waals surface area contributed by atoms with E-state index in [1.807, 2.05) is 19.2 Å². The second kappa shape index (κ2) is 6.40. The van der Waals surface area contributed by atoms with Gasteiger partial charge in [0, 0.05) is 24.1 Å². The fraction of sp³-hybridized carbons (Fsp3) is 0.583. The van der Waals surface area contributed by atoms with Crippen molar-refractivity contribution in [1.29, 1.82) is 0 Å². The van der Waals surface area contributed by atoms with Crippen LogP contribution in [-0.4, -0.2) is 18.1 Å². The molecule has 0 aliphatic heterocycles. The molecule has 84 valence electrons. The highest BCUT2D eigenvalue weighted by Crippen LogP contribution is 2.08. The zero-order chi connectivity index (χ0) is 11.1. The van der Waals surface area contributed by atoms with Crippen LogP contribution in [0.4, 0.5) is 5.69 Å². The van der Waals surface area contributed by atoms with Crippen LogP contribution in [-0.2, 0) is 0 Å². The lowest BCUT2D eigenvalue weighted by molar-refractivity contribution is 0.529. The second-order valence-corrected chi connectivity index (χ2v) is 4.10. The average Bonchev–Trinajstić information content (AvgIpc) is 2.24. The van der Waals surface area contributed by atoms with Gasteiger partial charge in [-0.15, -0.1) is 0 Å². The Morgan fingerprint density at radius 2 is 2.33 bits per heavy atom. The molecule has 3 nitrogen and oxygen atoms in total. The third-order valence-electron chi connectivity index (χ3n) is 2.50. The zero-order valence-corrected chi connectivity index (χ0v) is 9.66. The van der Waals surface area contributed by atoms with E-state index in [0.717, 1.165) is 24.5 Å². The number of anilines is 1. The molecule has 0 amide bonds. The topological polar surface area (TPSA) is 50.9 Å². The Labute approximate surface area is 92.1 Å². The first-order chi connectivity index (χ1) is 7.22. The minimum atomic E-state index is 0.631. The van der Waals surface area contributed by atoms with Crippen LogP contribution in [0, 0.1) is 12.8 Å². The van der Waals surface area contributed by atoms with Crippen molar-refractivity contribution in [3.8, 4) is 0 Å². The maximum Gasteiger partial charge on any atom is 0.0393 e. The maximum absolute atomic E-state index is 5.56. The fourth-order valence-corrected chi connectivity index (χ4v) is 1.46. The van der Waals surface area contributed by atoms with E-state index in [1.165, 1.54) is 12.8 Å². The Morgan fingerprint density at radius 1 is 1.53 bits per heavy atom. The predicted molar refractivity (Wildman–Crippen MR) is 64.9 cm³/mol. The third-order valence-corrected chi connectivity index (χ3v) is 2.50. The first kappa shape index (κ1) is 12.0. The Kier molecular flexibility index (Phi) is 5.12.